The maximum Gasteiger partial charge on any atom is 0.181 e. The number of anilines is 1. The predicted molar refractivity (Wildman–Crippen MR) is 68.0 cm³/mol. The van der Waals surface area contributed by atoms with E-state index in [1.54, 1.807) is 0 Å². The first kappa shape index (κ1) is 10.3. The Bertz CT molecular complexity index is 540. The lowest BCUT2D eigenvalue weighted by Gasteiger charge is -2.00. The summed E-state index contributed by atoms with van der Waals surface area (Å²) in [5, 5.41) is 7.63. The van der Waals surface area contributed by atoms with E-state index in [1.165, 1.54) is 12.8 Å². The Morgan fingerprint density at radius 1 is 1.35 bits per heavy atom. The highest BCUT2D eigenvalue weighted by Crippen LogP contribution is 2.39. The molecule has 4 nitrogen and oxygen atoms in total. The van der Waals surface area contributed by atoms with Gasteiger partial charge in [-0.05, 0) is 25.0 Å². The Balaban J connectivity index is 1.99. The summed E-state index contributed by atoms with van der Waals surface area (Å²) in [6.07, 6.45) is 2.51. The second-order valence-corrected chi connectivity index (χ2v) is 4.52. The highest BCUT2D eigenvalue weighted by molar-refractivity contribution is 5.62. The van der Waals surface area contributed by atoms with Crippen molar-refractivity contribution < 1.29 is 0 Å². The molecule has 17 heavy (non-hydrogen) atoms. The summed E-state index contributed by atoms with van der Waals surface area (Å²) in [7, 11) is 3.90. The van der Waals surface area contributed by atoms with Gasteiger partial charge in [0.2, 0.25) is 0 Å². The molecular formula is C13H16N4. The first-order chi connectivity index (χ1) is 8.28. The largest absolute Gasteiger partial charge is 0.388 e. The summed E-state index contributed by atoms with van der Waals surface area (Å²) in [6, 6.07) is 8.18. The molecule has 0 spiro atoms. The van der Waals surface area contributed by atoms with E-state index in [4.69, 9.17) is 0 Å². The molecule has 1 aromatic carbocycles. The molecule has 1 fully saturated rings. The molecule has 1 N–H and O–H groups in total. The quantitative estimate of drug-likeness (QED) is 0.877. The van der Waals surface area contributed by atoms with Gasteiger partial charge in [-0.25, -0.2) is 4.98 Å². The summed E-state index contributed by atoms with van der Waals surface area (Å²) in [6.45, 7) is 0. The number of nitrogens with zero attached hydrogens (tertiary/aromatic N) is 3. The molecule has 0 unspecified atom stereocenters. The van der Waals surface area contributed by atoms with Crippen LogP contribution in [0.4, 0.5) is 5.69 Å². The van der Waals surface area contributed by atoms with E-state index in [9.17, 15) is 0 Å². The van der Waals surface area contributed by atoms with Crippen LogP contribution in [0, 0.1) is 0 Å². The number of rotatable bonds is 3. The van der Waals surface area contributed by atoms with E-state index < -0.39 is 0 Å². The summed E-state index contributed by atoms with van der Waals surface area (Å²) in [5.74, 6) is 2.58. The molecule has 0 aliphatic heterocycles. The van der Waals surface area contributed by atoms with Gasteiger partial charge >= 0.3 is 0 Å². The van der Waals surface area contributed by atoms with E-state index in [0.717, 1.165) is 22.9 Å². The van der Waals surface area contributed by atoms with Crippen LogP contribution < -0.4 is 5.32 Å². The van der Waals surface area contributed by atoms with E-state index in [2.05, 4.69) is 21.5 Å². The Kier molecular flexibility index (Phi) is 2.35. The van der Waals surface area contributed by atoms with Crippen LogP contribution in [-0.2, 0) is 7.05 Å². The van der Waals surface area contributed by atoms with Crippen molar-refractivity contribution >= 4 is 5.69 Å². The lowest BCUT2D eigenvalue weighted by atomic mass is 10.2. The van der Waals surface area contributed by atoms with Gasteiger partial charge in [0.25, 0.3) is 0 Å². The summed E-state index contributed by atoms with van der Waals surface area (Å²) < 4.78 is 1.92. The molecule has 1 saturated carbocycles. The lowest BCUT2D eigenvalue weighted by molar-refractivity contribution is 0.705. The molecule has 2 aromatic rings. The van der Waals surface area contributed by atoms with Crippen molar-refractivity contribution in [2.75, 3.05) is 12.4 Å². The minimum absolute atomic E-state index is 0.633. The van der Waals surface area contributed by atoms with Crippen molar-refractivity contribution in [3.05, 3.63) is 30.1 Å². The number of aryl methyl sites for hydroxylation is 1. The van der Waals surface area contributed by atoms with Crippen molar-refractivity contribution in [2.24, 2.45) is 7.05 Å². The van der Waals surface area contributed by atoms with Gasteiger partial charge in [-0.3, -0.25) is 4.68 Å². The summed E-state index contributed by atoms with van der Waals surface area (Å²) in [4.78, 5) is 4.64. The Morgan fingerprint density at radius 2 is 2.18 bits per heavy atom. The smallest absolute Gasteiger partial charge is 0.181 e. The maximum atomic E-state index is 4.64. The molecule has 3 rings (SSSR count). The molecule has 0 bridgehead atoms. The molecule has 1 aliphatic carbocycles. The number of aromatic nitrogens is 3. The zero-order valence-corrected chi connectivity index (χ0v) is 10.1. The zero-order valence-electron chi connectivity index (χ0n) is 10.1. The van der Waals surface area contributed by atoms with Gasteiger partial charge in [0.05, 0.1) is 0 Å². The van der Waals surface area contributed by atoms with Crippen LogP contribution in [0.5, 0.6) is 0 Å². The number of nitrogens with one attached hydrogen (secondary N) is 1. The topological polar surface area (TPSA) is 42.7 Å². The normalized spacial score (nSPS) is 14.9. The Hall–Kier alpha value is -1.84. The van der Waals surface area contributed by atoms with Crippen LogP contribution in [0.25, 0.3) is 11.4 Å². The van der Waals surface area contributed by atoms with Gasteiger partial charge in [-0.15, -0.1) is 0 Å². The fourth-order valence-corrected chi connectivity index (χ4v) is 2.03. The molecule has 1 aromatic heterocycles. The van der Waals surface area contributed by atoms with Crippen molar-refractivity contribution in [2.45, 2.75) is 18.8 Å². The van der Waals surface area contributed by atoms with Gasteiger partial charge in [0.15, 0.2) is 5.82 Å². The average Bonchev–Trinajstić information content (AvgIpc) is 3.13. The van der Waals surface area contributed by atoms with Gasteiger partial charge in [-0.2, -0.15) is 5.10 Å². The average molecular weight is 228 g/mol. The third-order valence-electron chi connectivity index (χ3n) is 3.15. The number of hydrogen-bond donors (Lipinski definition) is 1. The van der Waals surface area contributed by atoms with Crippen molar-refractivity contribution in [3.63, 3.8) is 0 Å². The summed E-state index contributed by atoms with van der Waals surface area (Å²) >= 11 is 0. The highest BCUT2D eigenvalue weighted by atomic mass is 15.3. The van der Waals surface area contributed by atoms with Gasteiger partial charge in [0, 0.05) is 31.3 Å². The third-order valence-corrected chi connectivity index (χ3v) is 3.15. The molecule has 0 saturated heterocycles. The Morgan fingerprint density at radius 3 is 2.88 bits per heavy atom. The second-order valence-electron chi connectivity index (χ2n) is 4.52. The molecule has 0 amide bonds. The molecule has 88 valence electrons. The standard InChI is InChI=1S/C13H16N4/c1-14-11-5-3-4-10(8-11)12-15-13(9-6-7-9)17(2)16-12/h3-5,8-9,14H,6-7H2,1-2H3. The number of benzene rings is 1. The van der Waals surface area contributed by atoms with Crippen molar-refractivity contribution in [1.82, 2.24) is 14.8 Å². The van der Waals surface area contributed by atoms with Gasteiger partial charge < -0.3 is 5.32 Å². The van der Waals surface area contributed by atoms with Crippen LogP contribution in [0.15, 0.2) is 24.3 Å². The van der Waals surface area contributed by atoms with E-state index in [-0.39, 0.29) is 0 Å². The van der Waals surface area contributed by atoms with Crippen molar-refractivity contribution in [1.29, 1.82) is 0 Å². The molecule has 1 heterocycles. The number of hydrogen-bond acceptors (Lipinski definition) is 3. The fourth-order valence-electron chi connectivity index (χ4n) is 2.03. The molecule has 1 aliphatic rings. The molecule has 4 heteroatoms. The van der Waals surface area contributed by atoms with Crippen LogP contribution in [0.1, 0.15) is 24.6 Å². The maximum absolute atomic E-state index is 4.64. The molecular weight excluding hydrogens is 212 g/mol. The molecule has 0 atom stereocenters. The zero-order chi connectivity index (χ0) is 11.8. The minimum Gasteiger partial charge on any atom is -0.388 e. The van der Waals surface area contributed by atoms with Crippen LogP contribution in [-0.4, -0.2) is 21.8 Å². The van der Waals surface area contributed by atoms with E-state index in [0.29, 0.717) is 5.92 Å². The minimum atomic E-state index is 0.633. The van der Waals surface area contributed by atoms with E-state index in [1.807, 2.05) is 37.0 Å². The monoisotopic (exact) mass is 228 g/mol. The van der Waals surface area contributed by atoms with Crippen LogP contribution >= 0.6 is 0 Å². The van der Waals surface area contributed by atoms with Crippen molar-refractivity contribution in [3.8, 4) is 11.4 Å². The fraction of sp³-hybridized carbons (Fsp3) is 0.385. The molecule has 0 radical (unpaired) electrons. The van der Waals surface area contributed by atoms with Crippen LogP contribution in [0.3, 0.4) is 0 Å². The first-order valence-corrected chi connectivity index (χ1v) is 5.97. The Labute approximate surface area is 101 Å². The lowest BCUT2D eigenvalue weighted by Crippen LogP contribution is -1.96. The predicted octanol–water partition coefficient (Wildman–Crippen LogP) is 2.40. The second kappa shape index (κ2) is 3.87. The van der Waals surface area contributed by atoms with Gasteiger partial charge in [-0.1, -0.05) is 12.1 Å². The van der Waals surface area contributed by atoms with Crippen LogP contribution in [0.2, 0.25) is 0 Å². The highest BCUT2D eigenvalue weighted by Gasteiger charge is 2.29. The SMILES string of the molecule is CNc1cccc(-c2nc(C3CC3)n(C)n2)c1. The summed E-state index contributed by atoms with van der Waals surface area (Å²) in [5.41, 5.74) is 2.15. The van der Waals surface area contributed by atoms with Gasteiger partial charge in [0.1, 0.15) is 5.82 Å². The third kappa shape index (κ3) is 1.90. The van der Waals surface area contributed by atoms with E-state index >= 15 is 0 Å². The first-order valence-electron chi connectivity index (χ1n) is 5.97.